The van der Waals surface area contributed by atoms with Crippen molar-refractivity contribution in [3.8, 4) is 0 Å². The lowest BCUT2D eigenvalue weighted by Gasteiger charge is -2.10. The molecule has 0 spiro atoms. The SMILES string of the molecule is Cc1cnc(Sc2c(N)c(C)nn2C(C)C)nc1. The van der Waals surface area contributed by atoms with Gasteiger partial charge in [0.2, 0.25) is 0 Å². The number of nitrogens with two attached hydrogens (primary N) is 1. The van der Waals surface area contributed by atoms with E-state index < -0.39 is 0 Å². The van der Waals surface area contributed by atoms with E-state index in [4.69, 9.17) is 5.73 Å². The highest BCUT2D eigenvalue weighted by atomic mass is 32.2. The molecule has 0 aliphatic carbocycles. The van der Waals surface area contributed by atoms with E-state index in [0.717, 1.165) is 16.3 Å². The zero-order valence-electron chi connectivity index (χ0n) is 11.0. The smallest absolute Gasteiger partial charge is 0.193 e. The van der Waals surface area contributed by atoms with Crippen LogP contribution >= 0.6 is 11.8 Å². The second-order valence-electron chi connectivity index (χ2n) is 4.49. The molecule has 2 rings (SSSR count). The first-order valence-corrected chi connectivity index (χ1v) is 6.61. The predicted octanol–water partition coefficient (Wildman–Crippen LogP) is 2.60. The molecule has 0 radical (unpaired) electrons. The van der Waals surface area contributed by atoms with Crippen molar-refractivity contribution in [2.75, 3.05) is 5.73 Å². The highest BCUT2D eigenvalue weighted by molar-refractivity contribution is 7.99. The van der Waals surface area contributed by atoms with Gasteiger partial charge in [-0.15, -0.1) is 0 Å². The van der Waals surface area contributed by atoms with Gasteiger partial charge in [-0.1, -0.05) is 0 Å². The van der Waals surface area contributed by atoms with E-state index in [1.807, 2.05) is 18.5 Å². The molecule has 0 bridgehead atoms. The molecule has 0 atom stereocenters. The Kier molecular flexibility index (Phi) is 3.56. The van der Waals surface area contributed by atoms with Crippen molar-refractivity contribution in [3.63, 3.8) is 0 Å². The third-order valence-corrected chi connectivity index (χ3v) is 3.51. The molecular weight excluding hydrogens is 246 g/mol. The van der Waals surface area contributed by atoms with Crippen molar-refractivity contribution in [1.82, 2.24) is 19.7 Å². The lowest BCUT2D eigenvalue weighted by atomic mass is 10.4. The second kappa shape index (κ2) is 4.97. The Morgan fingerprint density at radius 3 is 2.39 bits per heavy atom. The van der Waals surface area contributed by atoms with Gasteiger partial charge < -0.3 is 5.73 Å². The number of anilines is 1. The molecule has 18 heavy (non-hydrogen) atoms. The van der Waals surface area contributed by atoms with E-state index in [9.17, 15) is 0 Å². The van der Waals surface area contributed by atoms with Crippen molar-refractivity contribution < 1.29 is 0 Å². The number of hydrogen-bond donors (Lipinski definition) is 1. The van der Waals surface area contributed by atoms with Crippen LogP contribution in [0.1, 0.15) is 31.1 Å². The molecule has 0 saturated carbocycles. The van der Waals surface area contributed by atoms with Gasteiger partial charge in [0.1, 0.15) is 5.03 Å². The third-order valence-electron chi connectivity index (χ3n) is 2.52. The molecule has 2 aromatic rings. The molecule has 2 heterocycles. The van der Waals surface area contributed by atoms with Gasteiger partial charge in [0, 0.05) is 18.4 Å². The monoisotopic (exact) mass is 263 g/mol. The summed E-state index contributed by atoms with van der Waals surface area (Å²) in [6, 6.07) is 0.258. The maximum absolute atomic E-state index is 6.06. The van der Waals surface area contributed by atoms with Crippen LogP contribution in [0.4, 0.5) is 5.69 Å². The number of hydrogen-bond acceptors (Lipinski definition) is 5. The third kappa shape index (κ3) is 2.48. The fourth-order valence-electron chi connectivity index (χ4n) is 1.51. The predicted molar refractivity (Wildman–Crippen MR) is 72.7 cm³/mol. The van der Waals surface area contributed by atoms with Gasteiger partial charge in [-0.2, -0.15) is 5.10 Å². The first-order valence-electron chi connectivity index (χ1n) is 5.80. The summed E-state index contributed by atoms with van der Waals surface area (Å²) in [7, 11) is 0. The van der Waals surface area contributed by atoms with E-state index in [1.54, 1.807) is 12.4 Å². The summed E-state index contributed by atoms with van der Waals surface area (Å²) in [4.78, 5) is 8.56. The molecule has 2 N–H and O–H groups in total. The maximum atomic E-state index is 6.06. The van der Waals surface area contributed by atoms with Crippen molar-refractivity contribution in [1.29, 1.82) is 0 Å². The van der Waals surface area contributed by atoms with Crippen LogP contribution in [0.5, 0.6) is 0 Å². The van der Waals surface area contributed by atoms with Crippen molar-refractivity contribution in [2.45, 2.75) is 43.9 Å². The van der Waals surface area contributed by atoms with E-state index in [0.29, 0.717) is 10.8 Å². The van der Waals surface area contributed by atoms with Crippen LogP contribution in [0.2, 0.25) is 0 Å². The van der Waals surface area contributed by atoms with Crippen LogP contribution in [0.15, 0.2) is 22.6 Å². The first kappa shape index (κ1) is 12.9. The summed E-state index contributed by atoms with van der Waals surface area (Å²) in [5.41, 5.74) is 8.65. The van der Waals surface area contributed by atoms with Crippen molar-refractivity contribution in [2.24, 2.45) is 0 Å². The Morgan fingerprint density at radius 2 is 1.83 bits per heavy atom. The maximum Gasteiger partial charge on any atom is 0.193 e. The molecule has 0 aromatic carbocycles. The minimum Gasteiger partial charge on any atom is -0.395 e. The van der Waals surface area contributed by atoms with Crippen LogP contribution in [-0.4, -0.2) is 19.7 Å². The summed E-state index contributed by atoms with van der Waals surface area (Å²) in [6.45, 7) is 8.03. The van der Waals surface area contributed by atoms with E-state index in [1.165, 1.54) is 11.8 Å². The summed E-state index contributed by atoms with van der Waals surface area (Å²) in [5, 5.41) is 6.04. The average Bonchev–Trinajstić information content (AvgIpc) is 2.60. The molecule has 0 aliphatic heterocycles. The van der Waals surface area contributed by atoms with E-state index >= 15 is 0 Å². The molecule has 96 valence electrons. The average molecular weight is 263 g/mol. The summed E-state index contributed by atoms with van der Waals surface area (Å²) >= 11 is 1.45. The minimum atomic E-state index is 0.258. The summed E-state index contributed by atoms with van der Waals surface area (Å²) in [5.74, 6) is 0. The Bertz CT molecular complexity index is 544. The van der Waals surface area contributed by atoms with E-state index in [2.05, 4.69) is 28.9 Å². The summed E-state index contributed by atoms with van der Waals surface area (Å²) < 4.78 is 1.92. The molecule has 0 unspecified atom stereocenters. The largest absolute Gasteiger partial charge is 0.395 e. The van der Waals surface area contributed by atoms with Gasteiger partial charge in [0.15, 0.2) is 5.16 Å². The van der Waals surface area contributed by atoms with Crippen molar-refractivity contribution in [3.05, 3.63) is 23.7 Å². The molecular formula is C12H17N5S. The van der Waals surface area contributed by atoms with E-state index in [-0.39, 0.29) is 6.04 Å². The Balaban J connectivity index is 2.36. The molecule has 5 nitrogen and oxygen atoms in total. The van der Waals surface area contributed by atoms with Crippen LogP contribution in [0.25, 0.3) is 0 Å². The topological polar surface area (TPSA) is 69.6 Å². The molecule has 0 amide bonds. The van der Waals surface area contributed by atoms with Gasteiger partial charge in [-0.25, -0.2) is 9.97 Å². The highest BCUT2D eigenvalue weighted by Gasteiger charge is 2.16. The zero-order chi connectivity index (χ0) is 13.3. The van der Waals surface area contributed by atoms with Gasteiger partial charge in [0.25, 0.3) is 0 Å². The lowest BCUT2D eigenvalue weighted by molar-refractivity contribution is 0.491. The molecule has 0 aliphatic rings. The van der Waals surface area contributed by atoms with Gasteiger partial charge >= 0.3 is 0 Å². The molecule has 6 heteroatoms. The number of rotatable bonds is 3. The first-order chi connectivity index (χ1) is 8.49. The number of aryl methyl sites for hydroxylation is 2. The second-order valence-corrected chi connectivity index (χ2v) is 5.44. The van der Waals surface area contributed by atoms with Crippen LogP contribution in [0.3, 0.4) is 0 Å². The quantitative estimate of drug-likeness (QED) is 0.862. The summed E-state index contributed by atoms with van der Waals surface area (Å²) in [6.07, 6.45) is 3.60. The number of nitrogen functional groups attached to an aromatic ring is 1. The standard InChI is InChI=1S/C12H17N5S/c1-7(2)17-11(10(13)9(4)16-17)18-12-14-5-8(3)6-15-12/h5-7H,13H2,1-4H3. The van der Waals surface area contributed by atoms with Crippen molar-refractivity contribution >= 4 is 17.4 Å². The van der Waals surface area contributed by atoms with Gasteiger partial charge in [-0.3, -0.25) is 4.68 Å². The fourth-order valence-corrected chi connectivity index (χ4v) is 2.50. The normalized spacial score (nSPS) is 11.2. The van der Waals surface area contributed by atoms with Crippen LogP contribution in [0, 0.1) is 13.8 Å². The Hall–Kier alpha value is -1.56. The van der Waals surface area contributed by atoms with Crippen LogP contribution in [-0.2, 0) is 0 Å². The number of aromatic nitrogens is 4. The Labute approximate surface area is 111 Å². The highest BCUT2D eigenvalue weighted by Crippen LogP contribution is 2.33. The molecule has 0 fully saturated rings. The lowest BCUT2D eigenvalue weighted by Crippen LogP contribution is -2.05. The molecule has 0 saturated heterocycles. The zero-order valence-corrected chi connectivity index (χ0v) is 11.8. The van der Waals surface area contributed by atoms with Crippen LogP contribution < -0.4 is 5.73 Å². The fraction of sp³-hybridized carbons (Fsp3) is 0.417. The number of nitrogens with zero attached hydrogens (tertiary/aromatic N) is 4. The Morgan fingerprint density at radius 1 is 1.22 bits per heavy atom. The van der Waals surface area contributed by atoms with Gasteiger partial charge in [-0.05, 0) is 45.0 Å². The van der Waals surface area contributed by atoms with Gasteiger partial charge in [0.05, 0.1) is 11.4 Å². The minimum absolute atomic E-state index is 0.258. The molecule has 2 aromatic heterocycles.